The van der Waals surface area contributed by atoms with Crippen LogP contribution in [0.4, 0.5) is 0 Å². The van der Waals surface area contributed by atoms with Crippen molar-refractivity contribution in [2.75, 3.05) is 0 Å². The van der Waals surface area contributed by atoms with Crippen molar-refractivity contribution in [3.8, 4) is 22.7 Å². The standard InChI is InChI=1S/C15H12N2OS/c18-13-8-6-11(7-9-13)14-10-16-15(19)17(14)12-4-2-1-3-5-12/h1-10,18H,(H,16,19). The summed E-state index contributed by atoms with van der Waals surface area (Å²) in [6.45, 7) is 0. The van der Waals surface area contributed by atoms with E-state index in [1.54, 1.807) is 12.1 Å². The first kappa shape index (κ1) is 11.7. The Balaban J connectivity index is 2.19. The van der Waals surface area contributed by atoms with Gasteiger partial charge in [0.25, 0.3) is 0 Å². The number of para-hydroxylation sites is 1. The van der Waals surface area contributed by atoms with E-state index in [4.69, 9.17) is 12.2 Å². The average Bonchev–Trinajstić information content (AvgIpc) is 2.82. The zero-order chi connectivity index (χ0) is 13.2. The van der Waals surface area contributed by atoms with Crippen molar-refractivity contribution >= 4 is 12.2 Å². The Hall–Kier alpha value is -2.33. The highest BCUT2D eigenvalue weighted by atomic mass is 32.1. The number of aromatic hydroxyl groups is 1. The molecule has 0 aliphatic heterocycles. The molecule has 2 aromatic carbocycles. The maximum absolute atomic E-state index is 9.36. The summed E-state index contributed by atoms with van der Waals surface area (Å²) in [4.78, 5) is 3.06. The van der Waals surface area contributed by atoms with Crippen LogP contribution in [0.25, 0.3) is 16.9 Å². The van der Waals surface area contributed by atoms with E-state index < -0.39 is 0 Å². The summed E-state index contributed by atoms with van der Waals surface area (Å²) in [5, 5.41) is 9.36. The predicted molar refractivity (Wildman–Crippen MR) is 78.1 cm³/mol. The molecule has 94 valence electrons. The van der Waals surface area contributed by atoms with E-state index in [2.05, 4.69) is 4.98 Å². The van der Waals surface area contributed by atoms with Crippen LogP contribution >= 0.6 is 12.2 Å². The van der Waals surface area contributed by atoms with Crippen LogP contribution < -0.4 is 0 Å². The third-order valence-corrected chi connectivity index (χ3v) is 3.25. The number of nitrogens with zero attached hydrogens (tertiary/aromatic N) is 1. The Morgan fingerprint density at radius 2 is 1.63 bits per heavy atom. The molecular formula is C15H12N2OS. The van der Waals surface area contributed by atoms with E-state index in [0.29, 0.717) is 4.77 Å². The lowest BCUT2D eigenvalue weighted by atomic mass is 10.1. The van der Waals surface area contributed by atoms with E-state index in [1.165, 1.54) is 0 Å². The summed E-state index contributed by atoms with van der Waals surface area (Å²) in [5.74, 6) is 0.254. The van der Waals surface area contributed by atoms with Crippen molar-refractivity contribution in [2.45, 2.75) is 0 Å². The molecule has 4 heteroatoms. The van der Waals surface area contributed by atoms with Crippen LogP contribution in [0.15, 0.2) is 60.8 Å². The average molecular weight is 268 g/mol. The second-order valence-electron chi connectivity index (χ2n) is 4.20. The molecule has 1 aromatic heterocycles. The fraction of sp³-hybridized carbons (Fsp3) is 0. The molecule has 3 rings (SSSR count). The number of rotatable bonds is 2. The zero-order valence-electron chi connectivity index (χ0n) is 10.1. The van der Waals surface area contributed by atoms with Gasteiger partial charge in [0.2, 0.25) is 0 Å². The number of phenolic OH excluding ortho intramolecular Hbond substituents is 1. The first-order valence-electron chi connectivity index (χ1n) is 5.91. The maximum atomic E-state index is 9.36. The molecule has 2 N–H and O–H groups in total. The highest BCUT2D eigenvalue weighted by molar-refractivity contribution is 7.71. The normalized spacial score (nSPS) is 10.5. The Morgan fingerprint density at radius 1 is 0.947 bits per heavy atom. The van der Waals surface area contributed by atoms with Gasteiger partial charge in [-0.3, -0.25) is 4.57 Å². The number of benzene rings is 2. The van der Waals surface area contributed by atoms with Gasteiger partial charge >= 0.3 is 0 Å². The fourth-order valence-corrected chi connectivity index (χ4v) is 2.31. The molecule has 0 atom stereocenters. The van der Waals surface area contributed by atoms with Crippen molar-refractivity contribution < 1.29 is 5.11 Å². The van der Waals surface area contributed by atoms with Crippen LogP contribution in [-0.4, -0.2) is 14.7 Å². The Morgan fingerprint density at radius 3 is 2.32 bits per heavy atom. The molecule has 3 nitrogen and oxygen atoms in total. The van der Waals surface area contributed by atoms with Crippen LogP contribution in [0.1, 0.15) is 0 Å². The molecular weight excluding hydrogens is 256 g/mol. The number of aromatic nitrogens is 2. The molecule has 19 heavy (non-hydrogen) atoms. The van der Waals surface area contributed by atoms with Crippen molar-refractivity contribution in [2.24, 2.45) is 0 Å². The van der Waals surface area contributed by atoms with Crippen LogP contribution in [0, 0.1) is 4.77 Å². The summed E-state index contributed by atoms with van der Waals surface area (Å²) < 4.78 is 2.62. The van der Waals surface area contributed by atoms with E-state index in [1.807, 2.05) is 53.2 Å². The van der Waals surface area contributed by atoms with Crippen LogP contribution in [-0.2, 0) is 0 Å². The van der Waals surface area contributed by atoms with Gasteiger partial charge in [-0.1, -0.05) is 18.2 Å². The van der Waals surface area contributed by atoms with Gasteiger partial charge in [-0.05, 0) is 48.6 Å². The molecule has 0 unspecified atom stereocenters. The second-order valence-corrected chi connectivity index (χ2v) is 4.58. The Kier molecular flexibility index (Phi) is 2.93. The fourth-order valence-electron chi connectivity index (χ4n) is 2.05. The van der Waals surface area contributed by atoms with E-state index in [9.17, 15) is 5.11 Å². The van der Waals surface area contributed by atoms with Crippen LogP contribution in [0.5, 0.6) is 5.75 Å². The summed E-state index contributed by atoms with van der Waals surface area (Å²) in [7, 11) is 0. The van der Waals surface area contributed by atoms with Crippen molar-refractivity contribution in [3.05, 3.63) is 65.6 Å². The lowest BCUT2D eigenvalue weighted by molar-refractivity contribution is 0.475. The monoisotopic (exact) mass is 268 g/mol. The molecule has 0 fully saturated rings. The molecule has 0 spiro atoms. The molecule has 0 aliphatic rings. The largest absolute Gasteiger partial charge is 0.508 e. The van der Waals surface area contributed by atoms with Gasteiger partial charge in [0.1, 0.15) is 5.75 Å². The lowest BCUT2D eigenvalue weighted by Crippen LogP contribution is -1.96. The first-order valence-corrected chi connectivity index (χ1v) is 6.32. The van der Waals surface area contributed by atoms with Gasteiger partial charge in [0, 0.05) is 17.4 Å². The summed E-state index contributed by atoms with van der Waals surface area (Å²) in [6.07, 6.45) is 1.88. The number of H-pyrrole nitrogens is 1. The molecule has 0 saturated carbocycles. The first-order chi connectivity index (χ1) is 9.25. The van der Waals surface area contributed by atoms with Crippen molar-refractivity contribution in [1.82, 2.24) is 9.55 Å². The minimum Gasteiger partial charge on any atom is -0.508 e. The molecule has 0 radical (unpaired) electrons. The van der Waals surface area contributed by atoms with Crippen LogP contribution in [0.3, 0.4) is 0 Å². The second kappa shape index (κ2) is 4.74. The summed E-state index contributed by atoms with van der Waals surface area (Å²) in [5.41, 5.74) is 2.97. The van der Waals surface area contributed by atoms with Gasteiger partial charge in [0.05, 0.1) is 5.69 Å². The number of phenols is 1. The van der Waals surface area contributed by atoms with Crippen molar-refractivity contribution in [1.29, 1.82) is 0 Å². The molecule has 0 amide bonds. The van der Waals surface area contributed by atoms with Crippen LogP contribution in [0.2, 0.25) is 0 Å². The zero-order valence-corrected chi connectivity index (χ0v) is 10.9. The molecule has 0 bridgehead atoms. The highest BCUT2D eigenvalue weighted by Gasteiger charge is 2.08. The number of nitrogens with one attached hydrogen (secondary N) is 1. The van der Waals surface area contributed by atoms with Gasteiger partial charge in [-0.25, -0.2) is 0 Å². The number of hydrogen-bond donors (Lipinski definition) is 2. The SMILES string of the molecule is Oc1ccc(-c2c[nH]c(=S)n2-c2ccccc2)cc1. The van der Waals surface area contributed by atoms with Gasteiger partial charge in [-0.15, -0.1) is 0 Å². The molecule has 0 saturated heterocycles. The Labute approximate surface area is 115 Å². The van der Waals surface area contributed by atoms with Gasteiger partial charge in [-0.2, -0.15) is 0 Å². The topological polar surface area (TPSA) is 40.9 Å². The smallest absolute Gasteiger partial charge is 0.182 e. The van der Waals surface area contributed by atoms with E-state index in [0.717, 1.165) is 16.9 Å². The summed E-state index contributed by atoms with van der Waals surface area (Å²) >= 11 is 5.34. The number of imidazole rings is 1. The Bertz CT molecular complexity index is 742. The van der Waals surface area contributed by atoms with E-state index in [-0.39, 0.29) is 5.75 Å². The lowest BCUT2D eigenvalue weighted by Gasteiger charge is -2.08. The molecule has 3 aromatic rings. The molecule has 1 heterocycles. The van der Waals surface area contributed by atoms with Gasteiger partial charge in [0.15, 0.2) is 4.77 Å². The molecule has 0 aliphatic carbocycles. The maximum Gasteiger partial charge on any atom is 0.182 e. The van der Waals surface area contributed by atoms with E-state index >= 15 is 0 Å². The number of aromatic amines is 1. The van der Waals surface area contributed by atoms with Gasteiger partial charge < -0.3 is 10.1 Å². The number of hydrogen-bond acceptors (Lipinski definition) is 2. The third-order valence-electron chi connectivity index (χ3n) is 2.95. The van der Waals surface area contributed by atoms with Crippen molar-refractivity contribution in [3.63, 3.8) is 0 Å². The summed E-state index contributed by atoms with van der Waals surface area (Å²) in [6, 6.07) is 17.0. The minimum absolute atomic E-state index is 0.254. The quantitative estimate of drug-likeness (QED) is 0.692. The minimum atomic E-state index is 0.254. The highest BCUT2D eigenvalue weighted by Crippen LogP contribution is 2.25. The predicted octanol–water partition coefficient (Wildman–Crippen LogP) is 3.91. The third kappa shape index (κ3) is 2.18.